The van der Waals surface area contributed by atoms with Crippen LogP contribution < -0.4 is 5.32 Å². The Bertz CT molecular complexity index is 449. The molecule has 0 aromatic carbocycles. The number of aromatic nitrogens is 1. The van der Waals surface area contributed by atoms with Crippen molar-refractivity contribution in [1.29, 1.82) is 0 Å². The normalized spacial score (nSPS) is 23.1. The van der Waals surface area contributed by atoms with Crippen LogP contribution in [-0.4, -0.2) is 65.7 Å². The molecule has 6 nitrogen and oxygen atoms in total. The molecule has 1 aliphatic heterocycles. The van der Waals surface area contributed by atoms with Gasteiger partial charge in [0, 0.05) is 30.4 Å². The molecule has 2 unspecified atom stereocenters. The van der Waals surface area contributed by atoms with E-state index in [2.05, 4.69) is 35.7 Å². The first-order chi connectivity index (χ1) is 9.01. The van der Waals surface area contributed by atoms with Gasteiger partial charge in [-0.15, -0.1) is 0 Å². The Hall–Kier alpha value is -1.21. The maximum Gasteiger partial charge on any atom is 0.324 e. The first-order valence-electron chi connectivity index (χ1n) is 6.19. The maximum atomic E-state index is 12.2. The average molecular weight is 284 g/mol. The lowest BCUT2D eigenvalue weighted by molar-refractivity contribution is 0.215. The summed E-state index contributed by atoms with van der Waals surface area (Å²) in [5.74, 6) is 0.400. The van der Waals surface area contributed by atoms with Crippen LogP contribution in [0.1, 0.15) is 5.69 Å². The monoisotopic (exact) mass is 284 g/mol. The fourth-order valence-electron chi connectivity index (χ4n) is 2.26. The fourth-order valence-corrected chi connectivity index (χ4v) is 3.23. The predicted molar refractivity (Wildman–Crippen MR) is 76.6 cm³/mol. The highest BCUT2D eigenvalue weighted by Crippen LogP contribution is 2.24. The Morgan fingerprint density at radius 3 is 2.79 bits per heavy atom. The molecule has 1 saturated heterocycles. The summed E-state index contributed by atoms with van der Waals surface area (Å²) >= 11 is 1.80. The van der Waals surface area contributed by atoms with Crippen molar-refractivity contribution < 1.29 is 9.32 Å². The van der Waals surface area contributed by atoms with Gasteiger partial charge in [-0.25, -0.2) is 4.79 Å². The molecule has 2 amide bonds. The van der Waals surface area contributed by atoms with Crippen LogP contribution in [0.15, 0.2) is 10.6 Å². The van der Waals surface area contributed by atoms with Crippen molar-refractivity contribution >= 4 is 23.7 Å². The zero-order valence-electron chi connectivity index (χ0n) is 11.7. The molecule has 0 saturated carbocycles. The number of amides is 2. The van der Waals surface area contributed by atoms with Crippen LogP contribution in [0, 0.1) is 6.92 Å². The van der Waals surface area contributed by atoms with E-state index < -0.39 is 0 Å². The van der Waals surface area contributed by atoms with Crippen LogP contribution >= 0.6 is 11.8 Å². The topological polar surface area (TPSA) is 61.6 Å². The van der Waals surface area contributed by atoms with Crippen molar-refractivity contribution in [2.24, 2.45) is 0 Å². The van der Waals surface area contributed by atoms with Crippen LogP contribution in [-0.2, 0) is 0 Å². The van der Waals surface area contributed by atoms with E-state index >= 15 is 0 Å². The minimum absolute atomic E-state index is 0.125. The van der Waals surface area contributed by atoms with E-state index in [1.54, 1.807) is 17.8 Å². The highest BCUT2D eigenvalue weighted by molar-refractivity contribution is 7.99. The number of likely N-dealkylation sites (tertiary alicyclic amines) is 1. The Balaban J connectivity index is 1.97. The number of hydrogen-bond donors (Lipinski definition) is 1. The lowest BCUT2D eigenvalue weighted by Gasteiger charge is -2.23. The molecule has 0 bridgehead atoms. The third-order valence-corrected chi connectivity index (χ3v) is 4.42. The van der Waals surface area contributed by atoms with Gasteiger partial charge in [-0.05, 0) is 27.3 Å². The summed E-state index contributed by atoms with van der Waals surface area (Å²) in [6.45, 7) is 3.31. The Labute approximate surface area is 117 Å². The van der Waals surface area contributed by atoms with Gasteiger partial charge >= 0.3 is 6.03 Å². The van der Waals surface area contributed by atoms with Gasteiger partial charge < -0.3 is 14.3 Å². The number of nitrogens with one attached hydrogen (secondary N) is 1. The second-order valence-electron chi connectivity index (χ2n) is 4.97. The minimum atomic E-state index is -0.125. The molecule has 1 aliphatic rings. The number of rotatable bonds is 3. The zero-order chi connectivity index (χ0) is 14.0. The number of carbonyl (C=O) groups is 1. The van der Waals surface area contributed by atoms with Gasteiger partial charge in [-0.1, -0.05) is 5.16 Å². The molecule has 0 spiro atoms. The third kappa shape index (κ3) is 3.22. The molecule has 2 rings (SSSR count). The quantitative estimate of drug-likeness (QED) is 0.911. The van der Waals surface area contributed by atoms with E-state index in [1.165, 1.54) is 0 Å². The number of aryl methyl sites for hydroxylation is 1. The standard InChI is InChI=1S/C12H20N4O2S/c1-8-5-11(18-14-8)13-12(17)16-6-9(15(2)3)10(7-16)19-4/h5,9-10H,6-7H2,1-4H3,(H,13,17). The number of carbonyl (C=O) groups excluding carboxylic acids is 1. The van der Waals surface area contributed by atoms with Crippen LogP contribution in [0.2, 0.25) is 0 Å². The molecule has 0 aliphatic carbocycles. The third-order valence-electron chi connectivity index (χ3n) is 3.35. The molecular weight excluding hydrogens is 264 g/mol. The van der Waals surface area contributed by atoms with Crippen molar-refractivity contribution in [3.8, 4) is 0 Å². The number of likely N-dealkylation sites (N-methyl/N-ethyl adjacent to an activating group) is 1. The van der Waals surface area contributed by atoms with Crippen molar-refractivity contribution in [2.45, 2.75) is 18.2 Å². The van der Waals surface area contributed by atoms with Crippen molar-refractivity contribution in [3.05, 3.63) is 11.8 Å². The molecule has 7 heteroatoms. The molecule has 19 heavy (non-hydrogen) atoms. The highest BCUT2D eigenvalue weighted by Gasteiger charge is 2.36. The van der Waals surface area contributed by atoms with Crippen molar-refractivity contribution in [2.75, 3.05) is 38.8 Å². The number of anilines is 1. The van der Waals surface area contributed by atoms with E-state index in [0.29, 0.717) is 17.2 Å². The molecule has 106 valence electrons. The molecule has 2 heterocycles. The van der Waals surface area contributed by atoms with Crippen LogP contribution in [0.4, 0.5) is 10.7 Å². The van der Waals surface area contributed by atoms with E-state index in [-0.39, 0.29) is 6.03 Å². The molecule has 1 aromatic heterocycles. The van der Waals surface area contributed by atoms with E-state index in [4.69, 9.17) is 4.52 Å². The average Bonchev–Trinajstić information content (AvgIpc) is 2.95. The minimum Gasteiger partial charge on any atom is -0.338 e. The maximum absolute atomic E-state index is 12.2. The Kier molecular flexibility index (Phi) is 4.36. The Morgan fingerprint density at radius 2 is 2.32 bits per heavy atom. The van der Waals surface area contributed by atoms with E-state index in [0.717, 1.165) is 18.8 Å². The van der Waals surface area contributed by atoms with Crippen LogP contribution in [0.3, 0.4) is 0 Å². The second-order valence-corrected chi connectivity index (χ2v) is 6.05. The lowest BCUT2D eigenvalue weighted by Crippen LogP contribution is -2.38. The summed E-state index contributed by atoms with van der Waals surface area (Å²) in [7, 11) is 4.10. The van der Waals surface area contributed by atoms with Crippen LogP contribution in [0.5, 0.6) is 0 Å². The summed E-state index contributed by atoms with van der Waals surface area (Å²) in [5.41, 5.74) is 0.755. The molecule has 2 atom stereocenters. The first kappa shape index (κ1) is 14.2. The highest BCUT2D eigenvalue weighted by atomic mass is 32.2. The predicted octanol–water partition coefficient (Wildman–Crippen LogP) is 1.49. The fraction of sp³-hybridized carbons (Fsp3) is 0.667. The van der Waals surface area contributed by atoms with E-state index in [1.807, 2.05) is 11.8 Å². The summed E-state index contributed by atoms with van der Waals surface area (Å²) in [4.78, 5) is 16.1. The SMILES string of the molecule is CSC1CN(C(=O)Nc2cc(C)no2)CC1N(C)C. The summed E-state index contributed by atoms with van der Waals surface area (Å²) < 4.78 is 5.00. The van der Waals surface area contributed by atoms with Crippen molar-refractivity contribution in [1.82, 2.24) is 15.0 Å². The number of nitrogens with zero attached hydrogens (tertiary/aromatic N) is 3. The smallest absolute Gasteiger partial charge is 0.324 e. The lowest BCUT2D eigenvalue weighted by atomic mass is 10.2. The van der Waals surface area contributed by atoms with Crippen molar-refractivity contribution in [3.63, 3.8) is 0 Å². The summed E-state index contributed by atoms with van der Waals surface area (Å²) in [5, 5.41) is 6.93. The number of thioether (sulfide) groups is 1. The number of urea groups is 1. The second kappa shape index (κ2) is 5.83. The summed E-state index contributed by atoms with van der Waals surface area (Å²) in [6.07, 6.45) is 2.09. The first-order valence-corrected chi connectivity index (χ1v) is 7.48. The van der Waals surface area contributed by atoms with Gasteiger partial charge in [0.05, 0.1) is 5.69 Å². The largest absolute Gasteiger partial charge is 0.338 e. The van der Waals surface area contributed by atoms with Crippen LogP contribution in [0.25, 0.3) is 0 Å². The number of hydrogen-bond acceptors (Lipinski definition) is 5. The van der Waals surface area contributed by atoms with Gasteiger partial charge in [-0.3, -0.25) is 5.32 Å². The van der Waals surface area contributed by atoms with E-state index in [9.17, 15) is 4.79 Å². The van der Waals surface area contributed by atoms with Gasteiger partial charge in [0.25, 0.3) is 0 Å². The van der Waals surface area contributed by atoms with Gasteiger partial charge in [0.2, 0.25) is 5.88 Å². The molecule has 1 fully saturated rings. The molecule has 1 aromatic rings. The van der Waals surface area contributed by atoms with Gasteiger partial charge in [0.15, 0.2) is 0 Å². The van der Waals surface area contributed by atoms with Gasteiger partial charge in [0.1, 0.15) is 0 Å². The zero-order valence-corrected chi connectivity index (χ0v) is 12.5. The Morgan fingerprint density at radius 1 is 1.58 bits per heavy atom. The summed E-state index contributed by atoms with van der Waals surface area (Å²) in [6, 6.07) is 1.97. The molecular formula is C12H20N4O2S. The molecule has 1 N–H and O–H groups in total. The molecule has 0 radical (unpaired) electrons. The van der Waals surface area contributed by atoms with Gasteiger partial charge in [-0.2, -0.15) is 11.8 Å².